The zero-order valence-corrected chi connectivity index (χ0v) is 10.7. The van der Waals surface area contributed by atoms with Crippen molar-refractivity contribution in [1.29, 1.82) is 0 Å². The molecule has 7 heteroatoms. The fraction of sp³-hybridized carbons (Fsp3) is 0.273. The van der Waals surface area contributed by atoms with Crippen LogP contribution in [0.1, 0.15) is 0 Å². The molecule has 0 unspecified atom stereocenters. The molecular formula is C11H15ClN4O2. The van der Waals surface area contributed by atoms with Crippen LogP contribution in [0.15, 0.2) is 18.2 Å². The van der Waals surface area contributed by atoms with Gasteiger partial charge in [-0.25, -0.2) is 0 Å². The maximum Gasteiger partial charge on any atom is 0.238 e. The minimum absolute atomic E-state index is 0.0120. The molecule has 0 fully saturated rings. The summed E-state index contributed by atoms with van der Waals surface area (Å²) in [5, 5.41) is 3.01. The molecule has 1 aromatic rings. The van der Waals surface area contributed by atoms with Crippen LogP contribution in [0, 0.1) is 0 Å². The van der Waals surface area contributed by atoms with E-state index < -0.39 is 5.91 Å². The maximum atomic E-state index is 11.7. The van der Waals surface area contributed by atoms with Crippen molar-refractivity contribution in [2.24, 2.45) is 5.73 Å². The number of hydrogen-bond donors (Lipinski definition) is 3. The van der Waals surface area contributed by atoms with Gasteiger partial charge < -0.3 is 16.8 Å². The van der Waals surface area contributed by atoms with Gasteiger partial charge in [-0.2, -0.15) is 0 Å². The van der Waals surface area contributed by atoms with Crippen molar-refractivity contribution in [2.45, 2.75) is 0 Å². The van der Waals surface area contributed by atoms with Gasteiger partial charge in [0.05, 0.1) is 23.8 Å². The molecule has 0 radical (unpaired) electrons. The minimum atomic E-state index is -0.493. The summed E-state index contributed by atoms with van der Waals surface area (Å²) >= 11 is 5.90. The van der Waals surface area contributed by atoms with Gasteiger partial charge in [0.25, 0.3) is 0 Å². The summed E-state index contributed by atoms with van der Waals surface area (Å²) < 4.78 is 0. The monoisotopic (exact) mass is 270 g/mol. The van der Waals surface area contributed by atoms with E-state index in [1.54, 1.807) is 25.2 Å². The molecule has 0 aromatic heterocycles. The van der Waals surface area contributed by atoms with Crippen molar-refractivity contribution in [1.82, 2.24) is 4.90 Å². The Morgan fingerprint density at radius 1 is 1.39 bits per heavy atom. The number of nitrogen functional groups attached to an aromatic ring is 1. The van der Waals surface area contributed by atoms with E-state index in [0.29, 0.717) is 16.4 Å². The number of rotatable bonds is 5. The van der Waals surface area contributed by atoms with Crippen LogP contribution in [0.3, 0.4) is 0 Å². The van der Waals surface area contributed by atoms with Gasteiger partial charge in [-0.05, 0) is 25.2 Å². The van der Waals surface area contributed by atoms with E-state index in [9.17, 15) is 9.59 Å². The van der Waals surface area contributed by atoms with Crippen molar-refractivity contribution in [3.05, 3.63) is 23.2 Å². The first-order valence-corrected chi connectivity index (χ1v) is 5.58. The molecule has 0 heterocycles. The third kappa shape index (κ3) is 4.60. The summed E-state index contributed by atoms with van der Waals surface area (Å²) in [6.45, 7) is 0.0478. The Bertz CT molecular complexity index is 464. The number of halogens is 1. The van der Waals surface area contributed by atoms with E-state index >= 15 is 0 Å². The van der Waals surface area contributed by atoms with Gasteiger partial charge in [-0.1, -0.05) is 11.6 Å². The average molecular weight is 271 g/mol. The van der Waals surface area contributed by atoms with Gasteiger partial charge in [-0.3, -0.25) is 14.5 Å². The Hall–Kier alpha value is -1.79. The second-order valence-corrected chi connectivity index (χ2v) is 4.33. The van der Waals surface area contributed by atoms with Crippen molar-refractivity contribution in [3.63, 3.8) is 0 Å². The summed E-state index contributed by atoms with van der Waals surface area (Å²) in [6.07, 6.45) is 0. The van der Waals surface area contributed by atoms with Gasteiger partial charge >= 0.3 is 0 Å². The van der Waals surface area contributed by atoms with E-state index in [0.717, 1.165) is 0 Å². The molecule has 0 aliphatic rings. The summed E-state index contributed by atoms with van der Waals surface area (Å²) in [5.74, 6) is -0.793. The first kappa shape index (κ1) is 14.3. The summed E-state index contributed by atoms with van der Waals surface area (Å²) in [6, 6.07) is 4.80. The fourth-order valence-corrected chi connectivity index (χ4v) is 1.56. The molecule has 18 heavy (non-hydrogen) atoms. The van der Waals surface area contributed by atoms with Crippen LogP contribution >= 0.6 is 11.6 Å². The zero-order chi connectivity index (χ0) is 13.7. The highest BCUT2D eigenvalue weighted by atomic mass is 35.5. The van der Waals surface area contributed by atoms with Crippen molar-refractivity contribution in [3.8, 4) is 0 Å². The molecule has 2 amide bonds. The van der Waals surface area contributed by atoms with Gasteiger partial charge in [0.15, 0.2) is 0 Å². The van der Waals surface area contributed by atoms with Crippen LogP contribution in [0.4, 0.5) is 11.4 Å². The number of anilines is 2. The lowest BCUT2D eigenvalue weighted by atomic mass is 10.3. The Morgan fingerprint density at radius 3 is 2.67 bits per heavy atom. The molecule has 6 nitrogen and oxygen atoms in total. The summed E-state index contributed by atoms with van der Waals surface area (Å²) in [5.41, 5.74) is 11.5. The van der Waals surface area contributed by atoms with Crippen LogP contribution < -0.4 is 16.8 Å². The summed E-state index contributed by atoms with van der Waals surface area (Å²) in [4.78, 5) is 23.8. The van der Waals surface area contributed by atoms with Crippen LogP contribution in [0.25, 0.3) is 0 Å². The largest absolute Gasteiger partial charge is 0.399 e. The molecule has 0 aliphatic carbocycles. The predicted molar refractivity (Wildman–Crippen MR) is 71.2 cm³/mol. The first-order chi connectivity index (χ1) is 8.38. The third-order valence-electron chi connectivity index (χ3n) is 2.10. The summed E-state index contributed by atoms with van der Waals surface area (Å²) in [7, 11) is 1.62. The number of likely N-dealkylation sites (N-methyl/N-ethyl adjacent to an activating group) is 1. The smallest absolute Gasteiger partial charge is 0.238 e. The Balaban J connectivity index is 2.59. The number of benzene rings is 1. The topological polar surface area (TPSA) is 101 Å². The van der Waals surface area contributed by atoms with Gasteiger partial charge in [0, 0.05) is 5.69 Å². The molecule has 0 saturated heterocycles. The molecule has 98 valence electrons. The van der Waals surface area contributed by atoms with Gasteiger partial charge in [0.2, 0.25) is 11.8 Å². The molecular weight excluding hydrogens is 256 g/mol. The van der Waals surface area contributed by atoms with E-state index in [2.05, 4.69) is 5.32 Å². The molecule has 0 bridgehead atoms. The first-order valence-electron chi connectivity index (χ1n) is 5.20. The lowest BCUT2D eigenvalue weighted by molar-refractivity contribution is -0.120. The normalized spacial score (nSPS) is 10.4. The number of amides is 2. The van der Waals surface area contributed by atoms with E-state index in [4.69, 9.17) is 23.1 Å². The third-order valence-corrected chi connectivity index (χ3v) is 2.43. The molecule has 1 aromatic carbocycles. The van der Waals surface area contributed by atoms with Crippen LogP contribution in [-0.2, 0) is 9.59 Å². The molecule has 0 spiro atoms. The Labute approximate surface area is 110 Å². The molecule has 0 saturated carbocycles. The maximum absolute atomic E-state index is 11.7. The number of nitrogens with zero attached hydrogens (tertiary/aromatic N) is 1. The zero-order valence-electron chi connectivity index (χ0n) is 9.94. The SMILES string of the molecule is CN(CC(N)=O)CC(=O)Nc1cc(N)ccc1Cl. The number of carbonyl (C=O) groups excluding carboxylic acids is 2. The quantitative estimate of drug-likeness (QED) is 0.669. The molecule has 0 atom stereocenters. The van der Waals surface area contributed by atoms with E-state index in [1.807, 2.05) is 0 Å². The van der Waals surface area contributed by atoms with Gasteiger partial charge in [-0.15, -0.1) is 0 Å². The van der Waals surface area contributed by atoms with Crippen LogP contribution in [-0.4, -0.2) is 36.9 Å². The second-order valence-electron chi connectivity index (χ2n) is 3.93. The van der Waals surface area contributed by atoms with E-state index in [1.165, 1.54) is 4.90 Å². The number of nitrogens with two attached hydrogens (primary N) is 2. The number of primary amides is 1. The number of nitrogens with one attached hydrogen (secondary N) is 1. The second kappa shape index (κ2) is 6.23. The lowest BCUT2D eigenvalue weighted by Gasteiger charge is -2.14. The van der Waals surface area contributed by atoms with Crippen LogP contribution in [0.5, 0.6) is 0 Å². The Kier molecular flexibility index (Phi) is 4.94. The molecule has 5 N–H and O–H groups in total. The highest BCUT2D eigenvalue weighted by Gasteiger charge is 2.10. The molecule has 1 rings (SSSR count). The van der Waals surface area contributed by atoms with Crippen LogP contribution in [0.2, 0.25) is 5.02 Å². The highest BCUT2D eigenvalue weighted by molar-refractivity contribution is 6.33. The molecule has 0 aliphatic heterocycles. The lowest BCUT2D eigenvalue weighted by Crippen LogP contribution is -2.36. The van der Waals surface area contributed by atoms with E-state index in [-0.39, 0.29) is 19.0 Å². The van der Waals surface area contributed by atoms with Crippen molar-refractivity contribution >= 4 is 34.8 Å². The number of carbonyl (C=O) groups is 2. The highest BCUT2D eigenvalue weighted by Crippen LogP contribution is 2.23. The van der Waals surface area contributed by atoms with Crippen molar-refractivity contribution in [2.75, 3.05) is 31.2 Å². The standard InChI is InChI=1S/C11H15ClN4O2/c1-16(5-10(14)17)6-11(18)15-9-4-7(13)2-3-8(9)12/h2-4H,5-6,13H2,1H3,(H2,14,17)(H,15,18). The van der Waals surface area contributed by atoms with Gasteiger partial charge in [0.1, 0.15) is 0 Å². The predicted octanol–water partition coefficient (Wildman–Crippen LogP) is 0.278. The fourth-order valence-electron chi connectivity index (χ4n) is 1.40. The number of hydrogen-bond acceptors (Lipinski definition) is 4. The van der Waals surface area contributed by atoms with Crippen molar-refractivity contribution < 1.29 is 9.59 Å². The average Bonchev–Trinajstić information content (AvgIpc) is 2.21. The minimum Gasteiger partial charge on any atom is -0.399 e. The Morgan fingerprint density at radius 2 is 2.06 bits per heavy atom.